The van der Waals surface area contributed by atoms with E-state index in [-0.39, 0.29) is 19.0 Å². The average Bonchev–Trinajstić information content (AvgIpc) is 2.70. The normalized spacial score (nSPS) is 14.5. The smallest absolute Gasteiger partial charge is 0.325 e. The molecule has 0 radical (unpaired) electrons. The first kappa shape index (κ1) is 13.4. The minimum atomic E-state index is -0.536. The summed E-state index contributed by atoms with van der Waals surface area (Å²) in [6.07, 6.45) is 0. The van der Waals surface area contributed by atoms with Crippen molar-refractivity contribution in [3.63, 3.8) is 0 Å². The first-order valence-corrected chi connectivity index (χ1v) is 6.03. The van der Waals surface area contributed by atoms with Gasteiger partial charge < -0.3 is 10.6 Å². The van der Waals surface area contributed by atoms with Gasteiger partial charge in [-0.1, -0.05) is 23.7 Å². The van der Waals surface area contributed by atoms with Gasteiger partial charge in [0.2, 0.25) is 5.91 Å². The maximum atomic E-state index is 11.6. The standard InChI is InChI=1S/C12H12ClN3O3/c13-9-3-1-8(2-4-9)5-14-10(17)7-16-11(18)6-15-12(16)19/h1-4H,5-7H2,(H,14,17)(H,15,19). The number of benzene rings is 1. The molecule has 1 aromatic rings. The van der Waals surface area contributed by atoms with Crippen LogP contribution in [0.25, 0.3) is 0 Å². The highest BCUT2D eigenvalue weighted by molar-refractivity contribution is 6.30. The number of rotatable bonds is 4. The Bertz CT molecular complexity index is 499. The molecule has 1 saturated heterocycles. The van der Waals surface area contributed by atoms with Crippen LogP contribution in [-0.2, 0) is 16.1 Å². The molecule has 2 N–H and O–H groups in total. The van der Waals surface area contributed by atoms with Crippen LogP contribution < -0.4 is 10.6 Å². The van der Waals surface area contributed by atoms with Gasteiger partial charge >= 0.3 is 6.03 Å². The summed E-state index contributed by atoms with van der Waals surface area (Å²) < 4.78 is 0. The maximum Gasteiger partial charge on any atom is 0.325 e. The van der Waals surface area contributed by atoms with Crippen LogP contribution >= 0.6 is 11.6 Å². The predicted molar refractivity (Wildman–Crippen MR) is 68.4 cm³/mol. The number of nitrogens with zero attached hydrogens (tertiary/aromatic N) is 1. The summed E-state index contributed by atoms with van der Waals surface area (Å²) in [6.45, 7) is 0.00120. The number of hydrogen-bond acceptors (Lipinski definition) is 3. The number of nitrogens with one attached hydrogen (secondary N) is 2. The van der Waals surface area contributed by atoms with Crippen molar-refractivity contribution >= 4 is 29.4 Å². The molecule has 19 heavy (non-hydrogen) atoms. The zero-order valence-electron chi connectivity index (χ0n) is 9.98. The minimum absolute atomic E-state index is 0.0523. The summed E-state index contributed by atoms with van der Waals surface area (Å²) in [6, 6.07) is 6.49. The Labute approximate surface area is 114 Å². The van der Waals surface area contributed by atoms with Crippen molar-refractivity contribution in [2.24, 2.45) is 0 Å². The van der Waals surface area contributed by atoms with E-state index in [0.717, 1.165) is 10.5 Å². The fourth-order valence-electron chi connectivity index (χ4n) is 1.62. The van der Waals surface area contributed by atoms with E-state index < -0.39 is 11.9 Å². The monoisotopic (exact) mass is 281 g/mol. The Morgan fingerprint density at radius 3 is 2.58 bits per heavy atom. The minimum Gasteiger partial charge on any atom is -0.350 e. The second kappa shape index (κ2) is 5.71. The number of urea groups is 1. The van der Waals surface area contributed by atoms with Gasteiger partial charge in [-0.05, 0) is 17.7 Å². The van der Waals surface area contributed by atoms with Crippen LogP contribution in [0, 0.1) is 0 Å². The third kappa shape index (κ3) is 3.45. The Morgan fingerprint density at radius 2 is 2.00 bits per heavy atom. The van der Waals surface area contributed by atoms with Gasteiger partial charge in [0.15, 0.2) is 0 Å². The summed E-state index contributed by atoms with van der Waals surface area (Å²) in [7, 11) is 0. The number of hydrogen-bond donors (Lipinski definition) is 2. The molecule has 6 nitrogen and oxygen atoms in total. The molecule has 0 spiro atoms. The molecule has 0 saturated carbocycles. The van der Waals surface area contributed by atoms with Crippen molar-refractivity contribution in [2.45, 2.75) is 6.54 Å². The van der Waals surface area contributed by atoms with E-state index in [4.69, 9.17) is 11.6 Å². The van der Waals surface area contributed by atoms with Gasteiger partial charge in [-0.3, -0.25) is 14.5 Å². The van der Waals surface area contributed by atoms with Gasteiger partial charge in [0.25, 0.3) is 5.91 Å². The van der Waals surface area contributed by atoms with Crippen LogP contribution in [0.4, 0.5) is 4.79 Å². The van der Waals surface area contributed by atoms with E-state index in [2.05, 4.69) is 10.6 Å². The lowest BCUT2D eigenvalue weighted by Gasteiger charge is -2.12. The van der Waals surface area contributed by atoms with Crippen LogP contribution in [0.3, 0.4) is 0 Å². The number of amides is 4. The lowest BCUT2D eigenvalue weighted by atomic mass is 10.2. The highest BCUT2D eigenvalue weighted by Gasteiger charge is 2.29. The topological polar surface area (TPSA) is 78.5 Å². The van der Waals surface area contributed by atoms with Gasteiger partial charge in [0, 0.05) is 11.6 Å². The molecule has 0 atom stereocenters. The van der Waals surface area contributed by atoms with Gasteiger partial charge in [0.05, 0.1) is 6.54 Å². The molecule has 1 aromatic carbocycles. The van der Waals surface area contributed by atoms with Crippen LogP contribution in [0.1, 0.15) is 5.56 Å². The molecule has 1 aliphatic heterocycles. The molecule has 100 valence electrons. The van der Waals surface area contributed by atoms with Crippen molar-refractivity contribution in [3.05, 3.63) is 34.9 Å². The van der Waals surface area contributed by atoms with Crippen molar-refractivity contribution in [2.75, 3.05) is 13.1 Å². The zero-order valence-corrected chi connectivity index (χ0v) is 10.7. The Hall–Kier alpha value is -2.08. The largest absolute Gasteiger partial charge is 0.350 e. The second-order valence-corrected chi connectivity index (χ2v) is 4.48. The van der Waals surface area contributed by atoms with E-state index in [1.165, 1.54) is 0 Å². The van der Waals surface area contributed by atoms with Gasteiger partial charge in [-0.25, -0.2) is 4.79 Å². The van der Waals surface area contributed by atoms with E-state index in [9.17, 15) is 14.4 Å². The van der Waals surface area contributed by atoms with E-state index in [0.29, 0.717) is 11.6 Å². The number of carbonyl (C=O) groups is 3. The highest BCUT2D eigenvalue weighted by atomic mass is 35.5. The van der Waals surface area contributed by atoms with E-state index >= 15 is 0 Å². The van der Waals surface area contributed by atoms with Crippen molar-refractivity contribution in [1.29, 1.82) is 0 Å². The quantitative estimate of drug-likeness (QED) is 0.789. The Kier molecular flexibility index (Phi) is 4.01. The molecule has 7 heteroatoms. The molecule has 0 bridgehead atoms. The average molecular weight is 282 g/mol. The first-order chi connectivity index (χ1) is 9.06. The maximum absolute atomic E-state index is 11.6. The van der Waals surface area contributed by atoms with Crippen molar-refractivity contribution in [3.8, 4) is 0 Å². The fraction of sp³-hybridized carbons (Fsp3) is 0.250. The molecule has 0 aromatic heterocycles. The first-order valence-electron chi connectivity index (χ1n) is 5.65. The molecule has 0 unspecified atom stereocenters. The summed E-state index contributed by atoms with van der Waals surface area (Å²) in [4.78, 5) is 35.0. The molecular formula is C12H12ClN3O3. The fourth-order valence-corrected chi connectivity index (χ4v) is 1.74. The third-order valence-corrected chi connectivity index (χ3v) is 2.89. The number of halogens is 1. The summed E-state index contributed by atoms with van der Waals surface area (Å²) in [5.41, 5.74) is 0.884. The third-order valence-electron chi connectivity index (χ3n) is 2.64. The summed E-state index contributed by atoms with van der Waals surface area (Å²) >= 11 is 5.74. The zero-order chi connectivity index (χ0) is 13.8. The van der Waals surface area contributed by atoms with Gasteiger partial charge in [-0.15, -0.1) is 0 Å². The molecule has 4 amide bonds. The van der Waals surface area contributed by atoms with Gasteiger partial charge in [0.1, 0.15) is 6.54 Å². The number of imide groups is 1. The lowest BCUT2D eigenvalue weighted by Crippen LogP contribution is -2.40. The molecule has 1 fully saturated rings. The van der Waals surface area contributed by atoms with E-state index in [1.807, 2.05) is 0 Å². The van der Waals surface area contributed by atoms with Crippen LogP contribution in [0.2, 0.25) is 5.02 Å². The second-order valence-electron chi connectivity index (χ2n) is 4.04. The van der Waals surface area contributed by atoms with Crippen molar-refractivity contribution < 1.29 is 14.4 Å². The molecule has 2 rings (SSSR count). The summed E-state index contributed by atoms with van der Waals surface area (Å²) in [5, 5.41) is 5.60. The Morgan fingerprint density at radius 1 is 1.32 bits per heavy atom. The van der Waals surface area contributed by atoms with Crippen molar-refractivity contribution in [1.82, 2.24) is 15.5 Å². The Balaban J connectivity index is 1.83. The molecule has 0 aliphatic carbocycles. The molecule has 1 heterocycles. The highest BCUT2D eigenvalue weighted by Crippen LogP contribution is 2.09. The van der Waals surface area contributed by atoms with Crippen LogP contribution in [-0.4, -0.2) is 35.8 Å². The number of carbonyl (C=O) groups excluding carboxylic acids is 3. The lowest BCUT2D eigenvalue weighted by molar-refractivity contribution is -0.130. The summed E-state index contributed by atoms with van der Waals surface area (Å²) in [5.74, 6) is -0.785. The van der Waals surface area contributed by atoms with Gasteiger partial charge in [-0.2, -0.15) is 0 Å². The predicted octanol–water partition coefficient (Wildman–Crippen LogP) is 0.508. The van der Waals surface area contributed by atoms with Crippen LogP contribution in [0.5, 0.6) is 0 Å². The SMILES string of the molecule is O=C(CN1C(=O)CNC1=O)NCc1ccc(Cl)cc1. The van der Waals surface area contributed by atoms with E-state index in [1.54, 1.807) is 24.3 Å². The molecule has 1 aliphatic rings. The molecular weight excluding hydrogens is 270 g/mol. The van der Waals surface area contributed by atoms with Crippen LogP contribution in [0.15, 0.2) is 24.3 Å².